The molecule has 0 amide bonds. The van der Waals surface area contributed by atoms with E-state index in [1.54, 1.807) is 0 Å². The van der Waals surface area contributed by atoms with Crippen LogP contribution >= 0.6 is 0 Å². The summed E-state index contributed by atoms with van der Waals surface area (Å²) in [5.41, 5.74) is 6.12. The Morgan fingerprint density at radius 3 is 2.33 bits per heavy atom. The van der Waals surface area contributed by atoms with Crippen LogP contribution in [0.5, 0.6) is 0 Å². The molecule has 1 saturated heterocycles. The molecular weight excluding hydrogens is 148 g/mol. The second-order valence-corrected chi connectivity index (χ2v) is 4.36. The van der Waals surface area contributed by atoms with Gasteiger partial charge in [0.05, 0.1) is 0 Å². The van der Waals surface area contributed by atoms with Gasteiger partial charge in [0.25, 0.3) is 0 Å². The molecule has 2 rings (SSSR count). The minimum absolute atomic E-state index is 0.469. The first-order valence-electron chi connectivity index (χ1n) is 5.34. The van der Waals surface area contributed by atoms with Gasteiger partial charge in [0.1, 0.15) is 0 Å². The van der Waals surface area contributed by atoms with Gasteiger partial charge in [-0.25, -0.2) is 0 Å². The second kappa shape index (κ2) is 3.75. The molecule has 1 aliphatic carbocycles. The Labute approximate surface area is 75.1 Å². The van der Waals surface area contributed by atoms with Gasteiger partial charge in [0.15, 0.2) is 0 Å². The van der Waals surface area contributed by atoms with Gasteiger partial charge in [-0.05, 0) is 44.7 Å². The van der Waals surface area contributed by atoms with Crippen LogP contribution in [0.25, 0.3) is 0 Å². The van der Waals surface area contributed by atoms with Gasteiger partial charge in [-0.3, -0.25) is 0 Å². The van der Waals surface area contributed by atoms with Crippen molar-refractivity contribution in [3.05, 3.63) is 0 Å². The lowest BCUT2D eigenvalue weighted by Crippen LogP contribution is -2.43. The van der Waals surface area contributed by atoms with E-state index in [9.17, 15) is 0 Å². The lowest BCUT2D eigenvalue weighted by molar-refractivity contribution is 0.206. The van der Waals surface area contributed by atoms with Crippen LogP contribution in [0.2, 0.25) is 0 Å². The Morgan fingerprint density at radius 1 is 1.17 bits per heavy atom. The SMILES string of the molecule is NC(CN1CCCC1)C1CCC1. The molecular formula is C10H20N2. The number of rotatable bonds is 3. The van der Waals surface area contributed by atoms with Crippen LogP contribution in [0, 0.1) is 5.92 Å². The summed E-state index contributed by atoms with van der Waals surface area (Å²) in [5.74, 6) is 0.852. The van der Waals surface area contributed by atoms with Crippen molar-refractivity contribution < 1.29 is 0 Å². The minimum atomic E-state index is 0.469. The quantitative estimate of drug-likeness (QED) is 0.686. The van der Waals surface area contributed by atoms with Gasteiger partial charge in [-0.15, -0.1) is 0 Å². The number of nitrogens with zero attached hydrogens (tertiary/aromatic N) is 1. The van der Waals surface area contributed by atoms with Gasteiger partial charge in [-0.2, -0.15) is 0 Å². The standard InChI is InChI=1S/C10H20N2/c11-10(9-4-3-5-9)8-12-6-1-2-7-12/h9-10H,1-8,11H2. The predicted octanol–water partition coefficient (Wildman–Crippen LogP) is 1.21. The zero-order valence-corrected chi connectivity index (χ0v) is 7.84. The first kappa shape index (κ1) is 8.52. The molecule has 0 spiro atoms. The molecule has 70 valence electrons. The minimum Gasteiger partial charge on any atom is -0.326 e. The number of hydrogen-bond acceptors (Lipinski definition) is 2. The highest BCUT2D eigenvalue weighted by molar-refractivity contribution is 4.83. The molecule has 2 aliphatic rings. The molecule has 0 aromatic carbocycles. The van der Waals surface area contributed by atoms with Crippen LogP contribution in [0.1, 0.15) is 32.1 Å². The topological polar surface area (TPSA) is 29.3 Å². The summed E-state index contributed by atoms with van der Waals surface area (Å²) in [7, 11) is 0. The third-order valence-electron chi connectivity index (χ3n) is 3.42. The van der Waals surface area contributed by atoms with Crippen molar-refractivity contribution in [2.75, 3.05) is 19.6 Å². The summed E-state index contributed by atoms with van der Waals surface area (Å²) in [6, 6.07) is 0.469. The van der Waals surface area contributed by atoms with Crippen molar-refractivity contribution in [2.45, 2.75) is 38.1 Å². The molecule has 2 heteroatoms. The second-order valence-electron chi connectivity index (χ2n) is 4.36. The fourth-order valence-electron chi connectivity index (χ4n) is 2.28. The van der Waals surface area contributed by atoms with Gasteiger partial charge < -0.3 is 10.6 Å². The lowest BCUT2D eigenvalue weighted by Gasteiger charge is -2.33. The smallest absolute Gasteiger partial charge is 0.0196 e. The average molecular weight is 168 g/mol. The van der Waals surface area contributed by atoms with Crippen LogP contribution in [-0.2, 0) is 0 Å². The van der Waals surface area contributed by atoms with Crippen LogP contribution in [0.15, 0.2) is 0 Å². The van der Waals surface area contributed by atoms with E-state index in [1.165, 1.54) is 45.2 Å². The van der Waals surface area contributed by atoms with Crippen molar-refractivity contribution in [2.24, 2.45) is 11.7 Å². The zero-order valence-electron chi connectivity index (χ0n) is 7.84. The summed E-state index contributed by atoms with van der Waals surface area (Å²) in [6.07, 6.45) is 6.96. The van der Waals surface area contributed by atoms with Crippen LogP contribution < -0.4 is 5.73 Å². The van der Waals surface area contributed by atoms with Crippen LogP contribution in [-0.4, -0.2) is 30.6 Å². The first-order chi connectivity index (χ1) is 5.86. The van der Waals surface area contributed by atoms with Crippen LogP contribution in [0.4, 0.5) is 0 Å². The highest BCUT2D eigenvalue weighted by Gasteiger charge is 2.26. The molecule has 0 aromatic rings. The zero-order chi connectivity index (χ0) is 8.39. The summed E-state index contributed by atoms with van der Waals surface area (Å²) in [5, 5.41) is 0. The van der Waals surface area contributed by atoms with E-state index in [2.05, 4.69) is 4.90 Å². The third-order valence-corrected chi connectivity index (χ3v) is 3.42. The Kier molecular flexibility index (Phi) is 2.66. The van der Waals surface area contributed by atoms with Gasteiger partial charge in [-0.1, -0.05) is 6.42 Å². The Morgan fingerprint density at radius 2 is 1.83 bits per heavy atom. The van der Waals surface area contributed by atoms with E-state index >= 15 is 0 Å². The highest BCUT2D eigenvalue weighted by Crippen LogP contribution is 2.29. The predicted molar refractivity (Wildman–Crippen MR) is 51.0 cm³/mol. The van der Waals surface area contributed by atoms with E-state index in [0.29, 0.717) is 6.04 Å². The maximum absolute atomic E-state index is 6.12. The van der Waals surface area contributed by atoms with E-state index < -0.39 is 0 Å². The molecule has 1 unspecified atom stereocenters. The molecule has 0 aromatic heterocycles. The maximum Gasteiger partial charge on any atom is 0.0196 e. The lowest BCUT2D eigenvalue weighted by atomic mass is 9.80. The molecule has 1 saturated carbocycles. The van der Waals surface area contributed by atoms with E-state index in [1.807, 2.05) is 0 Å². The number of nitrogens with two attached hydrogens (primary N) is 1. The molecule has 1 aliphatic heterocycles. The van der Waals surface area contributed by atoms with E-state index in [4.69, 9.17) is 5.73 Å². The summed E-state index contributed by atoms with van der Waals surface area (Å²) < 4.78 is 0. The van der Waals surface area contributed by atoms with E-state index in [-0.39, 0.29) is 0 Å². The van der Waals surface area contributed by atoms with Crippen molar-refractivity contribution in [1.29, 1.82) is 0 Å². The monoisotopic (exact) mass is 168 g/mol. The van der Waals surface area contributed by atoms with Gasteiger partial charge in [0, 0.05) is 12.6 Å². The number of hydrogen-bond donors (Lipinski definition) is 1. The average Bonchev–Trinajstić information content (AvgIpc) is 2.34. The van der Waals surface area contributed by atoms with Crippen LogP contribution in [0.3, 0.4) is 0 Å². The fourth-order valence-corrected chi connectivity index (χ4v) is 2.28. The number of likely N-dealkylation sites (tertiary alicyclic amines) is 1. The highest BCUT2D eigenvalue weighted by atomic mass is 15.1. The normalized spacial score (nSPS) is 28.8. The third kappa shape index (κ3) is 1.80. The Balaban J connectivity index is 1.69. The largest absolute Gasteiger partial charge is 0.326 e. The van der Waals surface area contributed by atoms with Crippen molar-refractivity contribution in [3.63, 3.8) is 0 Å². The van der Waals surface area contributed by atoms with Crippen molar-refractivity contribution in [1.82, 2.24) is 4.90 Å². The first-order valence-corrected chi connectivity index (χ1v) is 5.34. The summed E-state index contributed by atoms with van der Waals surface area (Å²) in [6.45, 7) is 3.74. The molecule has 0 radical (unpaired) electrons. The molecule has 2 nitrogen and oxygen atoms in total. The summed E-state index contributed by atoms with van der Waals surface area (Å²) in [4.78, 5) is 2.53. The summed E-state index contributed by atoms with van der Waals surface area (Å²) >= 11 is 0. The Bertz CT molecular complexity index is 137. The Hall–Kier alpha value is -0.0800. The fraction of sp³-hybridized carbons (Fsp3) is 1.00. The molecule has 2 N–H and O–H groups in total. The molecule has 2 fully saturated rings. The molecule has 1 heterocycles. The molecule has 0 bridgehead atoms. The van der Waals surface area contributed by atoms with Crippen molar-refractivity contribution in [3.8, 4) is 0 Å². The van der Waals surface area contributed by atoms with Crippen molar-refractivity contribution >= 4 is 0 Å². The van der Waals surface area contributed by atoms with E-state index in [0.717, 1.165) is 12.5 Å². The molecule has 1 atom stereocenters. The van der Waals surface area contributed by atoms with Gasteiger partial charge >= 0.3 is 0 Å². The molecule has 12 heavy (non-hydrogen) atoms. The maximum atomic E-state index is 6.12. The van der Waals surface area contributed by atoms with Gasteiger partial charge in [0.2, 0.25) is 0 Å².